The number of carbonyl (C=O) groups excluding carboxylic acids is 1. The average Bonchev–Trinajstić information content (AvgIpc) is 2.81. The van der Waals surface area contributed by atoms with E-state index in [0.29, 0.717) is 4.68 Å². The van der Waals surface area contributed by atoms with E-state index in [2.05, 4.69) is 20.3 Å². The molecule has 0 aliphatic heterocycles. The van der Waals surface area contributed by atoms with Crippen LogP contribution < -0.4 is 10.6 Å². The van der Waals surface area contributed by atoms with Crippen LogP contribution in [0, 0.1) is 6.92 Å². The van der Waals surface area contributed by atoms with Crippen molar-refractivity contribution < 1.29 is 27.0 Å². The Morgan fingerprint density at radius 1 is 1.36 bits per heavy atom. The zero-order chi connectivity index (χ0) is 16.3. The maximum Gasteiger partial charge on any atom is 0.433 e. The largest absolute Gasteiger partial charge is 0.433 e. The van der Waals surface area contributed by atoms with Crippen LogP contribution in [0.5, 0.6) is 5.75 Å². The Bertz CT molecular complexity index is 672. The van der Waals surface area contributed by atoms with Crippen LogP contribution >= 0.6 is 12.0 Å². The molecule has 2 aromatic heterocycles. The smallest absolute Gasteiger partial charge is 0.415 e. The molecule has 0 atom stereocenters. The van der Waals surface area contributed by atoms with Gasteiger partial charge in [-0.2, -0.15) is 18.3 Å². The summed E-state index contributed by atoms with van der Waals surface area (Å²) >= 11 is 0.258. The molecule has 0 aliphatic rings. The summed E-state index contributed by atoms with van der Waals surface area (Å²) in [6.07, 6.45) is -2.39. The Morgan fingerprint density at radius 3 is 2.64 bits per heavy atom. The number of hydrogen-bond acceptors (Lipinski definition) is 7. The van der Waals surface area contributed by atoms with E-state index in [-0.39, 0.29) is 29.2 Å². The van der Waals surface area contributed by atoms with Crippen molar-refractivity contribution in [3.63, 3.8) is 0 Å². The molecule has 0 amide bonds. The Hall–Kier alpha value is -2.11. The molecule has 7 nitrogen and oxygen atoms in total. The van der Waals surface area contributed by atoms with Gasteiger partial charge in [-0.1, -0.05) is 0 Å². The van der Waals surface area contributed by atoms with Crippen molar-refractivity contribution in [2.24, 2.45) is 5.90 Å². The van der Waals surface area contributed by atoms with Crippen LogP contribution in [-0.2, 0) is 10.5 Å². The lowest BCUT2D eigenvalue weighted by atomic mass is 10.2. The van der Waals surface area contributed by atoms with Gasteiger partial charge in [0.15, 0.2) is 11.5 Å². The summed E-state index contributed by atoms with van der Waals surface area (Å²) in [4.78, 5) is 14.9. The highest BCUT2D eigenvalue weighted by Crippen LogP contribution is 2.33. The van der Waals surface area contributed by atoms with Crippen LogP contribution in [0.3, 0.4) is 0 Å². The minimum Gasteiger partial charge on any atom is -0.415 e. The van der Waals surface area contributed by atoms with Crippen molar-refractivity contribution in [1.29, 1.82) is 0 Å². The van der Waals surface area contributed by atoms with Crippen LogP contribution in [0.1, 0.15) is 11.3 Å². The highest BCUT2D eigenvalue weighted by molar-refractivity contribution is 8.09. The third kappa shape index (κ3) is 3.55. The van der Waals surface area contributed by atoms with Gasteiger partial charge in [0.1, 0.15) is 17.8 Å². The summed E-state index contributed by atoms with van der Waals surface area (Å²) in [5, 5.41) is 2.81. The molecule has 0 saturated carbocycles. The number of rotatable bonds is 3. The van der Waals surface area contributed by atoms with E-state index in [1.54, 1.807) is 0 Å². The minimum atomic E-state index is -4.57. The van der Waals surface area contributed by atoms with Crippen LogP contribution in [0.25, 0.3) is 5.82 Å². The lowest BCUT2D eigenvalue weighted by molar-refractivity contribution is -0.143. The molecule has 22 heavy (non-hydrogen) atoms. The predicted molar refractivity (Wildman–Crippen MR) is 70.0 cm³/mol. The lowest BCUT2D eigenvalue weighted by Gasteiger charge is -2.11. The third-order valence-electron chi connectivity index (χ3n) is 2.48. The molecule has 0 unspecified atom stereocenters. The average molecular weight is 334 g/mol. The zero-order valence-corrected chi connectivity index (χ0v) is 11.8. The van der Waals surface area contributed by atoms with Crippen molar-refractivity contribution in [2.75, 3.05) is 0 Å². The topological polar surface area (TPSA) is 92.3 Å². The van der Waals surface area contributed by atoms with Gasteiger partial charge in [0.25, 0.3) is 0 Å². The van der Waals surface area contributed by atoms with Crippen molar-refractivity contribution >= 4 is 17.3 Å². The highest BCUT2D eigenvalue weighted by Gasteiger charge is 2.37. The summed E-state index contributed by atoms with van der Waals surface area (Å²) in [6, 6.07) is 2.51. The molecule has 118 valence electrons. The number of hydrogen-bond donors (Lipinski definition) is 1. The highest BCUT2D eigenvalue weighted by atomic mass is 32.2. The van der Waals surface area contributed by atoms with E-state index >= 15 is 0 Å². The van der Waals surface area contributed by atoms with Crippen LogP contribution in [0.4, 0.5) is 18.0 Å². The molecule has 2 N–H and O–H groups in total. The lowest BCUT2D eigenvalue weighted by Crippen LogP contribution is -2.15. The number of aryl methyl sites for hydroxylation is 1. The fourth-order valence-electron chi connectivity index (χ4n) is 1.66. The van der Waals surface area contributed by atoms with Crippen molar-refractivity contribution in [1.82, 2.24) is 14.8 Å². The molecular formula is C11H9F3N4O3S. The van der Waals surface area contributed by atoms with Gasteiger partial charge in [-0.3, -0.25) is 0 Å². The first-order valence-electron chi connectivity index (χ1n) is 5.66. The molecule has 2 aromatic rings. The van der Waals surface area contributed by atoms with E-state index < -0.39 is 17.2 Å². The number of ether oxygens (including phenoxy) is 1. The van der Waals surface area contributed by atoms with Gasteiger partial charge in [0.2, 0.25) is 0 Å². The molecule has 0 spiro atoms. The van der Waals surface area contributed by atoms with Crippen LogP contribution in [0.15, 0.2) is 24.5 Å². The van der Waals surface area contributed by atoms with Gasteiger partial charge >= 0.3 is 11.5 Å². The number of carbonyl (C=O) groups is 1. The van der Waals surface area contributed by atoms with Crippen LogP contribution in [-0.4, -0.2) is 20.1 Å². The summed E-state index contributed by atoms with van der Waals surface area (Å²) in [6.45, 7) is 1.30. The maximum atomic E-state index is 13.0. The summed E-state index contributed by atoms with van der Waals surface area (Å²) in [5.74, 6) is 4.63. The number of halogens is 3. The Kier molecular flexibility index (Phi) is 4.68. The third-order valence-corrected chi connectivity index (χ3v) is 2.79. The Morgan fingerprint density at radius 2 is 2.09 bits per heavy atom. The number of pyridine rings is 1. The first kappa shape index (κ1) is 16.3. The van der Waals surface area contributed by atoms with E-state index in [1.165, 1.54) is 19.1 Å². The fourth-order valence-corrected chi connectivity index (χ4v) is 1.87. The molecule has 0 fully saturated rings. The number of nitrogens with two attached hydrogens (primary N) is 1. The molecule has 0 bridgehead atoms. The normalized spacial score (nSPS) is 11.5. The molecule has 0 aromatic carbocycles. The van der Waals surface area contributed by atoms with E-state index in [9.17, 15) is 18.0 Å². The zero-order valence-electron chi connectivity index (χ0n) is 11.0. The molecular weight excluding hydrogens is 325 g/mol. The summed E-state index contributed by atoms with van der Waals surface area (Å²) < 4.78 is 48.4. The molecule has 0 saturated heterocycles. The first-order chi connectivity index (χ1) is 10.3. The van der Waals surface area contributed by atoms with Gasteiger partial charge in [0.05, 0.1) is 12.4 Å². The van der Waals surface area contributed by atoms with Gasteiger partial charge in [0, 0.05) is 0 Å². The summed E-state index contributed by atoms with van der Waals surface area (Å²) in [7, 11) is 0. The molecule has 0 aliphatic carbocycles. The van der Waals surface area contributed by atoms with Crippen molar-refractivity contribution in [3.8, 4) is 11.6 Å². The Labute approximate surface area is 126 Å². The first-order valence-corrected chi connectivity index (χ1v) is 6.40. The van der Waals surface area contributed by atoms with E-state index in [1.807, 2.05) is 0 Å². The molecule has 2 rings (SSSR count). The molecule has 2 heterocycles. The number of nitrogens with zero attached hydrogens (tertiary/aromatic N) is 3. The SMILES string of the molecule is Cc1cnn(-c2ccc(OC(=O)SON)cn2)c1C(F)(F)F. The number of aromatic nitrogens is 3. The van der Waals surface area contributed by atoms with Gasteiger partial charge < -0.3 is 4.74 Å². The van der Waals surface area contributed by atoms with E-state index in [0.717, 1.165) is 12.4 Å². The van der Waals surface area contributed by atoms with E-state index in [4.69, 9.17) is 4.74 Å². The van der Waals surface area contributed by atoms with Gasteiger partial charge in [-0.15, -0.1) is 0 Å². The molecule has 0 radical (unpaired) electrons. The minimum absolute atomic E-state index is 0.0238. The number of alkyl halides is 3. The van der Waals surface area contributed by atoms with Gasteiger partial charge in [-0.25, -0.2) is 24.6 Å². The monoisotopic (exact) mass is 334 g/mol. The quantitative estimate of drug-likeness (QED) is 0.524. The van der Waals surface area contributed by atoms with Crippen molar-refractivity contribution in [3.05, 3.63) is 35.8 Å². The van der Waals surface area contributed by atoms with Crippen molar-refractivity contribution in [2.45, 2.75) is 13.1 Å². The second-order valence-electron chi connectivity index (χ2n) is 3.97. The Balaban J connectivity index is 2.27. The maximum absolute atomic E-state index is 13.0. The predicted octanol–water partition coefficient (Wildman–Crippen LogP) is 2.63. The molecule has 11 heteroatoms. The second-order valence-corrected chi connectivity index (χ2v) is 4.66. The second kappa shape index (κ2) is 6.34. The van der Waals surface area contributed by atoms with Gasteiger partial charge in [-0.05, 0) is 24.6 Å². The standard InChI is InChI=1S/C11H9F3N4O3S/c1-6-4-17-18(9(6)11(12,13)14)8-3-2-7(5-16-8)20-10(19)22-21-15/h2-5H,15H2,1H3. The van der Waals surface area contributed by atoms with Crippen LogP contribution in [0.2, 0.25) is 0 Å². The fraction of sp³-hybridized carbons (Fsp3) is 0.182. The summed E-state index contributed by atoms with van der Waals surface area (Å²) in [5.41, 5.74) is -0.946.